The lowest BCUT2D eigenvalue weighted by molar-refractivity contribution is 0.234. The Labute approximate surface area is 112 Å². The summed E-state index contributed by atoms with van der Waals surface area (Å²) in [6.45, 7) is 1.87. The second kappa shape index (κ2) is 6.45. The number of aliphatic hydroxyl groups excluding tert-OH is 1. The van der Waals surface area contributed by atoms with Crippen LogP contribution >= 0.6 is 0 Å². The molecule has 0 radical (unpaired) electrons. The third-order valence-electron chi connectivity index (χ3n) is 3.21. The van der Waals surface area contributed by atoms with Crippen molar-refractivity contribution >= 4 is 0 Å². The number of hydrogen-bond donors (Lipinski definition) is 2. The van der Waals surface area contributed by atoms with Gasteiger partial charge in [0.05, 0.1) is 12.6 Å². The van der Waals surface area contributed by atoms with Crippen LogP contribution in [0.5, 0.6) is 0 Å². The van der Waals surface area contributed by atoms with E-state index in [1.165, 1.54) is 6.07 Å². The van der Waals surface area contributed by atoms with Crippen LogP contribution in [0, 0.1) is 5.82 Å². The van der Waals surface area contributed by atoms with E-state index in [1.807, 2.05) is 43.3 Å². The fourth-order valence-electron chi connectivity index (χ4n) is 2.16. The third kappa shape index (κ3) is 3.40. The van der Waals surface area contributed by atoms with Gasteiger partial charge in [0, 0.05) is 11.6 Å². The van der Waals surface area contributed by atoms with E-state index in [4.69, 9.17) is 0 Å². The number of aliphatic hydroxyl groups is 1. The van der Waals surface area contributed by atoms with Crippen LogP contribution < -0.4 is 5.32 Å². The topological polar surface area (TPSA) is 32.3 Å². The Morgan fingerprint density at radius 3 is 2.32 bits per heavy atom. The van der Waals surface area contributed by atoms with Crippen LogP contribution in [0.4, 0.5) is 4.39 Å². The first-order valence-electron chi connectivity index (χ1n) is 6.38. The number of benzene rings is 2. The van der Waals surface area contributed by atoms with Gasteiger partial charge in [0.15, 0.2) is 0 Å². The van der Waals surface area contributed by atoms with Gasteiger partial charge in [-0.1, -0.05) is 48.5 Å². The van der Waals surface area contributed by atoms with Crippen molar-refractivity contribution in [3.05, 3.63) is 71.5 Å². The standard InChI is InChI=1S/C16H18FNO/c1-12(14-9-5-6-10-15(14)17)18-16(11-19)13-7-3-2-4-8-13/h2-10,12,16,18-19H,11H2,1H3/t12?,16-/m1/s1. The minimum atomic E-state index is -0.229. The van der Waals surface area contributed by atoms with Crippen LogP contribution in [-0.4, -0.2) is 11.7 Å². The van der Waals surface area contributed by atoms with Gasteiger partial charge >= 0.3 is 0 Å². The van der Waals surface area contributed by atoms with Crippen LogP contribution in [-0.2, 0) is 0 Å². The number of halogens is 1. The number of rotatable bonds is 5. The van der Waals surface area contributed by atoms with Gasteiger partial charge in [-0.15, -0.1) is 0 Å². The van der Waals surface area contributed by atoms with Crippen molar-refractivity contribution in [2.24, 2.45) is 0 Å². The maximum Gasteiger partial charge on any atom is 0.127 e. The zero-order valence-electron chi connectivity index (χ0n) is 10.9. The Kier molecular flexibility index (Phi) is 4.66. The molecule has 1 unspecified atom stereocenters. The highest BCUT2D eigenvalue weighted by Gasteiger charge is 2.16. The van der Waals surface area contributed by atoms with Gasteiger partial charge in [-0.2, -0.15) is 0 Å². The molecule has 2 atom stereocenters. The molecule has 2 aromatic rings. The number of hydrogen-bond acceptors (Lipinski definition) is 2. The minimum Gasteiger partial charge on any atom is -0.394 e. The molecule has 0 amide bonds. The Hall–Kier alpha value is -1.71. The molecule has 2 N–H and O–H groups in total. The van der Waals surface area contributed by atoms with Gasteiger partial charge in [0.2, 0.25) is 0 Å². The summed E-state index contributed by atoms with van der Waals surface area (Å²) in [6, 6.07) is 16.0. The first kappa shape index (κ1) is 13.7. The van der Waals surface area contributed by atoms with Gasteiger partial charge in [-0.3, -0.25) is 0 Å². The van der Waals surface area contributed by atoms with E-state index in [2.05, 4.69) is 5.32 Å². The molecule has 0 heterocycles. The molecule has 0 saturated carbocycles. The lowest BCUT2D eigenvalue weighted by atomic mass is 10.0. The fourth-order valence-corrected chi connectivity index (χ4v) is 2.16. The summed E-state index contributed by atoms with van der Waals surface area (Å²) in [5, 5.41) is 12.7. The Balaban J connectivity index is 2.13. The van der Waals surface area contributed by atoms with Gasteiger partial charge in [0.25, 0.3) is 0 Å². The van der Waals surface area contributed by atoms with Crippen molar-refractivity contribution in [2.75, 3.05) is 6.61 Å². The van der Waals surface area contributed by atoms with Crippen LogP contribution in [0.25, 0.3) is 0 Å². The van der Waals surface area contributed by atoms with Crippen molar-refractivity contribution in [2.45, 2.75) is 19.0 Å². The van der Waals surface area contributed by atoms with Crippen molar-refractivity contribution in [3.63, 3.8) is 0 Å². The Bertz CT molecular complexity index is 515. The molecule has 2 nitrogen and oxygen atoms in total. The van der Waals surface area contributed by atoms with Crippen molar-refractivity contribution in [1.29, 1.82) is 0 Å². The molecular formula is C16H18FNO. The lowest BCUT2D eigenvalue weighted by Crippen LogP contribution is -2.27. The molecule has 100 valence electrons. The second-order valence-corrected chi connectivity index (χ2v) is 4.56. The quantitative estimate of drug-likeness (QED) is 0.864. The molecule has 3 heteroatoms. The predicted octanol–water partition coefficient (Wildman–Crippen LogP) is 3.21. The molecule has 0 aliphatic rings. The van der Waals surface area contributed by atoms with E-state index in [0.717, 1.165) is 5.56 Å². The maximum absolute atomic E-state index is 13.7. The van der Waals surface area contributed by atoms with E-state index in [0.29, 0.717) is 5.56 Å². The van der Waals surface area contributed by atoms with Crippen molar-refractivity contribution in [1.82, 2.24) is 5.32 Å². The average Bonchev–Trinajstić information content (AvgIpc) is 2.46. The van der Waals surface area contributed by atoms with Crippen molar-refractivity contribution in [3.8, 4) is 0 Å². The fraction of sp³-hybridized carbons (Fsp3) is 0.250. The normalized spacial score (nSPS) is 14.1. The zero-order chi connectivity index (χ0) is 13.7. The van der Waals surface area contributed by atoms with Crippen LogP contribution in [0.2, 0.25) is 0 Å². The summed E-state index contributed by atoms with van der Waals surface area (Å²) in [5.74, 6) is -0.229. The largest absolute Gasteiger partial charge is 0.394 e. The summed E-state index contributed by atoms with van der Waals surface area (Å²) < 4.78 is 13.7. The Morgan fingerprint density at radius 2 is 1.68 bits per heavy atom. The molecule has 0 aromatic heterocycles. The highest BCUT2D eigenvalue weighted by atomic mass is 19.1. The minimum absolute atomic E-state index is 0.0250. The molecule has 2 aromatic carbocycles. The van der Waals surface area contributed by atoms with Gasteiger partial charge in [-0.05, 0) is 18.6 Å². The molecule has 2 rings (SSSR count). The predicted molar refractivity (Wildman–Crippen MR) is 74.2 cm³/mol. The van der Waals surface area contributed by atoms with Crippen molar-refractivity contribution < 1.29 is 9.50 Å². The maximum atomic E-state index is 13.7. The summed E-state index contributed by atoms with van der Waals surface area (Å²) >= 11 is 0. The van der Waals surface area contributed by atoms with E-state index in [9.17, 15) is 9.50 Å². The van der Waals surface area contributed by atoms with E-state index in [1.54, 1.807) is 12.1 Å². The van der Waals surface area contributed by atoms with Gasteiger partial charge in [-0.25, -0.2) is 4.39 Å². The van der Waals surface area contributed by atoms with E-state index in [-0.39, 0.29) is 24.5 Å². The smallest absolute Gasteiger partial charge is 0.127 e. The Morgan fingerprint density at radius 1 is 1.05 bits per heavy atom. The monoisotopic (exact) mass is 259 g/mol. The van der Waals surface area contributed by atoms with Crippen LogP contribution in [0.1, 0.15) is 30.1 Å². The summed E-state index contributed by atoms with van der Waals surface area (Å²) in [5.41, 5.74) is 1.60. The van der Waals surface area contributed by atoms with Crippen LogP contribution in [0.15, 0.2) is 54.6 Å². The van der Waals surface area contributed by atoms with E-state index >= 15 is 0 Å². The molecule has 0 bridgehead atoms. The molecule has 0 spiro atoms. The summed E-state index contributed by atoms with van der Waals surface area (Å²) in [7, 11) is 0. The first-order chi connectivity index (χ1) is 9.22. The summed E-state index contributed by atoms with van der Waals surface area (Å²) in [4.78, 5) is 0. The molecular weight excluding hydrogens is 241 g/mol. The van der Waals surface area contributed by atoms with Gasteiger partial charge in [0.1, 0.15) is 5.82 Å². The average molecular weight is 259 g/mol. The summed E-state index contributed by atoms with van der Waals surface area (Å²) in [6.07, 6.45) is 0. The molecule has 0 aliphatic heterocycles. The highest BCUT2D eigenvalue weighted by Crippen LogP contribution is 2.21. The highest BCUT2D eigenvalue weighted by molar-refractivity contribution is 5.23. The molecule has 19 heavy (non-hydrogen) atoms. The molecule has 0 saturated heterocycles. The third-order valence-corrected chi connectivity index (χ3v) is 3.21. The second-order valence-electron chi connectivity index (χ2n) is 4.56. The number of nitrogens with one attached hydrogen (secondary N) is 1. The SMILES string of the molecule is CC(N[C@H](CO)c1ccccc1)c1ccccc1F. The molecule has 0 fully saturated rings. The van der Waals surface area contributed by atoms with E-state index < -0.39 is 0 Å². The zero-order valence-corrected chi connectivity index (χ0v) is 10.9. The van der Waals surface area contributed by atoms with Gasteiger partial charge < -0.3 is 10.4 Å². The lowest BCUT2D eigenvalue weighted by Gasteiger charge is -2.22. The van der Waals surface area contributed by atoms with Crippen LogP contribution in [0.3, 0.4) is 0 Å². The molecule has 0 aliphatic carbocycles. The first-order valence-corrected chi connectivity index (χ1v) is 6.38.